The quantitative estimate of drug-likeness (QED) is 0.869. The summed E-state index contributed by atoms with van der Waals surface area (Å²) in [6.07, 6.45) is 2.38. The van der Waals surface area contributed by atoms with Gasteiger partial charge >= 0.3 is 0 Å². The molecule has 1 aromatic rings. The van der Waals surface area contributed by atoms with Crippen molar-refractivity contribution >= 4 is 34.6 Å². The lowest BCUT2D eigenvalue weighted by Crippen LogP contribution is -2.37. The van der Waals surface area contributed by atoms with Crippen molar-refractivity contribution in [3.05, 3.63) is 22.2 Å². The standard InChI is InChI=1S/C14H21Cl2N3/c1-18(2)9-10-3-5-19(6-4-10)14-8-12(16)11(15)7-13(14)17/h7-8,10H,3-6,9,17H2,1-2H3. The summed E-state index contributed by atoms with van der Waals surface area (Å²) in [5, 5.41) is 1.09. The Labute approximate surface area is 125 Å². The van der Waals surface area contributed by atoms with Gasteiger partial charge in [0.05, 0.1) is 21.4 Å². The van der Waals surface area contributed by atoms with Crippen molar-refractivity contribution in [3.8, 4) is 0 Å². The second kappa shape index (κ2) is 6.21. The molecule has 1 aromatic carbocycles. The average molecular weight is 302 g/mol. The van der Waals surface area contributed by atoms with Gasteiger partial charge in [-0.3, -0.25) is 0 Å². The summed E-state index contributed by atoms with van der Waals surface area (Å²) in [5.41, 5.74) is 7.76. The highest BCUT2D eigenvalue weighted by Gasteiger charge is 2.21. The molecule has 0 bridgehead atoms. The van der Waals surface area contributed by atoms with Crippen LogP contribution in [0.4, 0.5) is 11.4 Å². The largest absolute Gasteiger partial charge is 0.397 e. The van der Waals surface area contributed by atoms with Gasteiger partial charge in [0.25, 0.3) is 0 Å². The van der Waals surface area contributed by atoms with Gasteiger partial charge in [-0.05, 0) is 45.0 Å². The molecule has 0 unspecified atom stereocenters. The second-order valence-electron chi connectivity index (χ2n) is 5.52. The van der Waals surface area contributed by atoms with Gasteiger partial charge in [0.1, 0.15) is 0 Å². The van der Waals surface area contributed by atoms with E-state index in [-0.39, 0.29) is 0 Å². The summed E-state index contributed by atoms with van der Waals surface area (Å²) in [6, 6.07) is 3.62. The molecule has 2 N–H and O–H groups in total. The number of anilines is 2. The van der Waals surface area contributed by atoms with Crippen molar-refractivity contribution in [3.63, 3.8) is 0 Å². The van der Waals surface area contributed by atoms with E-state index in [0.29, 0.717) is 15.7 Å². The van der Waals surface area contributed by atoms with Crippen LogP contribution in [0.25, 0.3) is 0 Å². The Bertz CT molecular complexity index is 441. The number of nitrogens with two attached hydrogens (primary N) is 1. The smallest absolute Gasteiger partial charge is 0.0615 e. The Morgan fingerprint density at radius 2 is 1.79 bits per heavy atom. The molecular weight excluding hydrogens is 281 g/mol. The van der Waals surface area contributed by atoms with E-state index in [1.165, 1.54) is 12.8 Å². The third kappa shape index (κ3) is 3.68. The molecule has 1 saturated heterocycles. The van der Waals surface area contributed by atoms with Crippen LogP contribution in [-0.2, 0) is 0 Å². The molecule has 106 valence electrons. The van der Waals surface area contributed by atoms with Crippen LogP contribution in [0.15, 0.2) is 12.1 Å². The zero-order valence-corrected chi connectivity index (χ0v) is 13.0. The van der Waals surface area contributed by atoms with Crippen LogP contribution in [0.3, 0.4) is 0 Å². The molecule has 1 fully saturated rings. The molecule has 0 atom stereocenters. The van der Waals surface area contributed by atoms with Crippen LogP contribution in [0.1, 0.15) is 12.8 Å². The summed E-state index contributed by atoms with van der Waals surface area (Å²) in [6.45, 7) is 3.21. The number of hydrogen-bond donors (Lipinski definition) is 1. The van der Waals surface area contributed by atoms with Crippen molar-refractivity contribution < 1.29 is 0 Å². The van der Waals surface area contributed by atoms with Crippen LogP contribution in [0.2, 0.25) is 10.0 Å². The molecule has 0 aliphatic carbocycles. The van der Waals surface area contributed by atoms with E-state index in [1.807, 2.05) is 6.07 Å². The van der Waals surface area contributed by atoms with E-state index in [4.69, 9.17) is 28.9 Å². The van der Waals surface area contributed by atoms with E-state index in [9.17, 15) is 0 Å². The summed E-state index contributed by atoms with van der Waals surface area (Å²) in [4.78, 5) is 4.57. The lowest BCUT2D eigenvalue weighted by molar-refractivity contribution is 0.285. The third-order valence-corrected chi connectivity index (χ3v) is 4.37. The fourth-order valence-electron chi connectivity index (χ4n) is 2.70. The molecular formula is C14H21Cl2N3. The minimum absolute atomic E-state index is 0.519. The first-order valence-corrected chi connectivity index (χ1v) is 7.37. The van der Waals surface area contributed by atoms with Crippen molar-refractivity contribution in [2.24, 2.45) is 5.92 Å². The Balaban J connectivity index is 2.03. The van der Waals surface area contributed by atoms with E-state index >= 15 is 0 Å². The molecule has 0 amide bonds. The number of nitrogen functional groups attached to an aromatic ring is 1. The number of benzene rings is 1. The summed E-state index contributed by atoms with van der Waals surface area (Å²) in [7, 11) is 4.26. The maximum atomic E-state index is 6.08. The molecule has 0 radical (unpaired) electrons. The number of rotatable bonds is 3. The van der Waals surface area contributed by atoms with Crippen LogP contribution in [-0.4, -0.2) is 38.6 Å². The van der Waals surface area contributed by atoms with Crippen molar-refractivity contribution in [2.75, 3.05) is 44.4 Å². The molecule has 1 aliphatic heterocycles. The van der Waals surface area contributed by atoms with E-state index in [2.05, 4.69) is 23.9 Å². The number of piperidine rings is 1. The van der Waals surface area contributed by atoms with Crippen molar-refractivity contribution in [1.29, 1.82) is 0 Å². The SMILES string of the molecule is CN(C)CC1CCN(c2cc(Cl)c(Cl)cc2N)CC1. The van der Waals surface area contributed by atoms with Crippen LogP contribution in [0, 0.1) is 5.92 Å². The average Bonchev–Trinajstić information content (AvgIpc) is 2.34. The second-order valence-corrected chi connectivity index (χ2v) is 6.33. The van der Waals surface area contributed by atoms with E-state index < -0.39 is 0 Å². The van der Waals surface area contributed by atoms with Crippen LogP contribution >= 0.6 is 23.2 Å². The minimum atomic E-state index is 0.519. The fraction of sp³-hybridized carbons (Fsp3) is 0.571. The van der Waals surface area contributed by atoms with Gasteiger partial charge < -0.3 is 15.5 Å². The van der Waals surface area contributed by atoms with E-state index in [1.54, 1.807) is 6.07 Å². The fourth-order valence-corrected chi connectivity index (χ4v) is 3.03. The van der Waals surface area contributed by atoms with Gasteiger partial charge in [-0.15, -0.1) is 0 Å². The topological polar surface area (TPSA) is 32.5 Å². The highest BCUT2D eigenvalue weighted by Crippen LogP contribution is 2.35. The molecule has 0 saturated carbocycles. The van der Waals surface area contributed by atoms with Crippen molar-refractivity contribution in [1.82, 2.24) is 4.90 Å². The molecule has 2 rings (SSSR count). The summed E-state index contributed by atoms with van der Waals surface area (Å²) in [5.74, 6) is 0.773. The number of hydrogen-bond acceptors (Lipinski definition) is 3. The number of halogens is 2. The lowest BCUT2D eigenvalue weighted by atomic mass is 9.96. The monoisotopic (exact) mass is 301 g/mol. The van der Waals surface area contributed by atoms with Gasteiger partial charge in [-0.2, -0.15) is 0 Å². The highest BCUT2D eigenvalue weighted by molar-refractivity contribution is 6.42. The molecule has 3 nitrogen and oxygen atoms in total. The molecule has 1 aliphatic rings. The molecule has 19 heavy (non-hydrogen) atoms. The molecule has 0 spiro atoms. The Morgan fingerprint density at radius 1 is 1.21 bits per heavy atom. The Kier molecular flexibility index (Phi) is 4.82. The summed E-state index contributed by atoms with van der Waals surface area (Å²) >= 11 is 12.1. The van der Waals surface area contributed by atoms with Gasteiger partial charge in [-0.1, -0.05) is 23.2 Å². The van der Waals surface area contributed by atoms with Gasteiger partial charge in [0.15, 0.2) is 0 Å². The molecule has 5 heteroatoms. The zero-order valence-electron chi connectivity index (χ0n) is 11.5. The first-order valence-electron chi connectivity index (χ1n) is 6.61. The molecule has 0 aromatic heterocycles. The Morgan fingerprint density at radius 3 is 2.37 bits per heavy atom. The maximum absolute atomic E-state index is 6.08. The van der Waals surface area contributed by atoms with Gasteiger partial charge in [-0.25, -0.2) is 0 Å². The third-order valence-electron chi connectivity index (χ3n) is 3.65. The van der Waals surface area contributed by atoms with Gasteiger partial charge in [0.2, 0.25) is 0 Å². The first kappa shape index (κ1) is 14.8. The normalized spacial score (nSPS) is 17.2. The lowest BCUT2D eigenvalue weighted by Gasteiger charge is -2.35. The Hall–Kier alpha value is -0.640. The first-order chi connectivity index (χ1) is 8.97. The highest BCUT2D eigenvalue weighted by atomic mass is 35.5. The maximum Gasteiger partial charge on any atom is 0.0615 e. The van der Waals surface area contributed by atoms with Crippen LogP contribution in [0.5, 0.6) is 0 Å². The van der Waals surface area contributed by atoms with Gasteiger partial charge in [0, 0.05) is 19.6 Å². The van der Waals surface area contributed by atoms with E-state index in [0.717, 1.165) is 31.2 Å². The minimum Gasteiger partial charge on any atom is -0.397 e. The summed E-state index contributed by atoms with van der Waals surface area (Å²) < 4.78 is 0. The van der Waals surface area contributed by atoms with Crippen molar-refractivity contribution in [2.45, 2.75) is 12.8 Å². The molecule has 1 heterocycles. The predicted octanol–water partition coefficient (Wildman–Crippen LogP) is 3.35. The van der Waals surface area contributed by atoms with Crippen LogP contribution < -0.4 is 10.6 Å². The number of nitrogens with zero attached hydrogens (tertiary/aromatic N) is 2. The zero-order chi connectivity index (χ0) is 14.0. The predicted molar refractivity (Wildman–Crippen MR) is 84.4 cm³/mol.